The second-order valence-corrected chi connectivity index (χ2v) is 7.37. The van der Waals surface area contributed by atoms with Crippen molar-refractivity contribution in [1.82, 2.24) is 0 Å². The van der Waals surface area contributed by atoms with Crippen molar-refractivity contribution in [3.8, 4) is 0 Å². The van der Waals surface area contributed by atoms with E-state index in [4.69, 9.17) is 9.47 Å². The SMILES string of the molecule is CCCc1ccc(C(C)(OC)C(C)(OC)c2ccc(CCC)cc2)cc1. The normalized spacial score (nSPS) is 16.1. The fourth-order valence-electron chi connectivity index (χ4n) is 3.73. The summed E-state index contributed by atoms with van der Waals surface area (Å²) in [4.78, 5) is 0. The highest BCUT2D eigenvalue weighted by atomic mass is 16.5. The summed E-state index contributed by atoms with van der Waals surface area (Å²) in [5.74, 6) is 0. The van der Waals surface area contributed by atoms with E-state index < -0.39 is 11.2 Å². The maximum Gasteiger partial charge on any atom is 0.123 e. The first-order valence-corrected chi connectivity index (χ1v) is 9.74. The lowest BCUT2D eigenvalue weighted by Crippen LogP contribution is -2.48. The molecule has 142 valence electrons. The number of ether oxygens (including phenoxy) is 2. The van der Waals surface area contributed by atoms with Crippen LogP contribution in [0.3, 0.4) is 0 Å². The first-order valence-electron chi connectivity index (χ1n) is 9.74. The summed E-state index contributed by atoms with van der Waals surface area (Å²) in [6, 6.07) is 17.5. The molecule has 0 heterocycles. The van der Waals surface area contributed by atoms with E-state index in [0.29, 0.717) is 0 Å². The zero-order valence-electron chi connectivity index (χ0n) is 17.3. The summed E-state index contributed by atoms with van der Waals surface area (Å²) in [7, 11) is 3.53. The molecular weight excluding hydrogens is 320 g/mol. The van der Waals surface area contributed by atoms with Crippen LogP contribution in [0, 0.1) is 0 Å². The number of aryl methyl sites for hydroxylation is 2. The highest BCUT2D eigenvalue weighted by molar-refractivity contribution is 5.36. The number of benzene rings is 2. The van der Waals surface area contributed by atoms with E-state index in [0.717, 1.165) is 36.8 Å². The van der Waals surface area contributed by atoms with Crippen molar-refractivity contribution in [2.24, 2.45) is 0 Å². The zero-order valence-corrected chi connectivity index (χ0v) is 17.3. The van der Waals surface area contributed by atoms with Crippen molar-refractivity contribution >= 4 is 0 Å². The van der Waals surface area contributed by atoms with Gasteiger partial charge in [0.1, 0.15) is 11.2 Å². The Morgan fingerprint density at radius 2 is 0.923 bits per heavy atom. The van der Waals surface area contributed by atoms with Crippen molar-refractivity contribution in [1.29, 1.82) is 0 Å². The molecule has 0 spiro atoms. The summed E-state index contributed by atoms with van der Waals surface area (Å²) in [6.45, 7) is 8.64. The minimum Gasteiger partial charge on any atom is -0.370 e. The van der Waals surface area contributed by atoms with Crippen LogP contribution in [-0.2, 0) is 33.5 Å². The number of rotatable bonds is 9. The van der Waals surface area contributed by atoms with E-state index in [1.54, 1.807) is 14.2 Å². The monoisotopic (exact) mass is 354 g/mol. The Hall–Kier alpha value is -1.64. The van der Waals surface area contributed by atoms with Gasteiger partial charge >= 0.3 is 0 Å². The third-order valence-electron chi connectivity index (χ3n) is 5.81. The van der Waals surface area contributed by atoms with Crippen molar-refractivity contribution in [3.05, 3.63) is 70.8 Å². The van der Waals surface area contributed by atoms with E-state index in [9.17, 15) is 0 Å². The molecule has 2 aromatic carbocycles. The van der Waals surface area contributed by atoms with E-state index in [1.807, 2.05) is 0 Å². The molecule has 0 aromatic heterocycles. The third kappa shape index (κ3) is 3.87. The molecule has 0 fully saturated rings. The lowest BCUT2D eigenvalue weighted by Gasteiger charge is -2.45. The van der Waals surface area contributed by atoms with E-state index in [-0.39, 0.29) is 0 Å². The maximum atomic E-state index is 6.09. The summed E-state index contributed by atoms with van der Waals surface area (Å²) >= 11 is 0. The van der Waals surface area contributed by atoms with Gasteiger partial charge in [0.25, 0.3) is 0 Å². The van der Waals surface area contributed by atoms with Gasteiger partial charge in [-0.15, -0.1) is 0 Å². The Bertz CT molecular complexity index is 613. The second kappa shape index (κ2) is 8.83. The van der Waals surface area contributed by atoms with Gasteiger partial charge in [-0.3, -0.25) is 0 Å². The zero-order chi connectivity index (χ0) is 19.2. The average Bonchev–Trinajstić information content (AvgIpc) is 2.68. The number of hydrogen-bond acceptors (Lipinski definition) is 2. The summed E-state index contributed by atoms with van der Waals surface area (Å²) in [5, 5.41) is 0. The molecule has 2 aromatic rings. The van der Waals surface area contributed by atoms with Gasteiger partial charge in [0.2, 0.25) is 0 Å². The van der Waals surface area contributed by atoms with Gasteiger partial charge in [-0.25, -0.2) is 0 Å². The van der Waals surface area contributed by atoms with Gasteiger partial charge in [-0.05, 0) is 48.9 Å². The Labute approximate surface area is 159 Å². The Morgan fingerprint density at radius 1 is 0.615 bits per heavy atom. The molecule has 2 unspecified atom stereocenters. The highest BCUT2D eigenvalue weighted by Gasteiger charge is 2.48. The summed E-state index contributed by atoms with van der Waals surface area (Å²) in [6.07, 6.45) is 4.51. The van der Waals surface area contributed by atoms with Gasteiger partial charge in [-0.2, -0.15) is 0 Å². The van der Waals surface area contributed by atoms with Gasteiger partial charge in [0.15, 0.2) is 0 Å². The standard InChI is InChI=1S/C24H34O2/c1-7-9-19-11-15-21(16-12-19)23(3,25-5)24(4,26-6)22-17-13-20(10-8-2)14-18-22/h11-18H,7-10H2,1-6H3. The molecule has 2 rings (SSSR count). The van der Waals surface area contributed by atoms with Gasteiger partial charge in [-0.1, -0.05) is 75.2 Å². The number of hydrogen-bond donors (Lipinski definition) is 0. The molecule has 0 saturated carbocycles. The first kappa shape index (κ1) is 20.7. The molecule has 0 aliphatic heterocycles. The minimum atomic E-state index is -0.598. The lowest BCUT2D eigenvalue weighted by atomic mass is 9.75. The number of methoxy groups -OCH3 is 2. The minimum absolute atomic E-state index is 0.598. The van der Waals surface area contributed by atoms with Gasteiger partial charge < -0.3 is 9.47 Å². The molecule has 0 saturated heterocycles. The van der Waals surface area contributed by atoms with Crippen LogP contribution < -0.4 is 0 Å². The van der Waals surface area contributed by atoms with Crippen LogP contribution in [0.15, 0.2) is 48.5 Å². The smallest absolute Gasteiger partial charge is 0.123 e. The molecule has 0 N–H and O–H groups in total. The van der Waals surface area contributed by atoms with Crippen LogP contribution in [0.1, 0.15) is 62.8 Å². The van der Waals surface area contributed by atoms with Gasteiger partial charge in [0.05, 0.1) is 0 Å². The molecule has 0 bridgehead atoms. The maximum absolute atomic E-state index is 6.09. The van der Waals surface area contributed by atoms with Crippen LogP contribution in [0.2, 0.25) is 0 Å². The lowest BCUT2D eigenvalue weighted by molar-refractivity contribution is -0.180. The Kier molecular flexibility index (Phi) is 7.02. The van der Waals surface area contributed by atoms with Crippen LogP contribution in [-0.4, -0.2) is 14.2 Å². The predicted molar refractivity (Wildman–Crippen MR) is 110 cm³/mol. The van der Waals surface area contributed by atoms with Gasteiger partial charge in [0, 0.05) is 14.2 Å². The van der Waals surface area contributed by atoms with Crippen molar-refractivity contribution in [2.75, 3.05) is 14.2 Å². The first-order chi connectivity index (χ1) is 12.4. The molecule has 0 radical (unpaired) electrons. The summed E-state index contributed by atoms with van der Waals surface area (Å²) in [5.41, 5.74) is 3.77. The fourth-order valence-corrected chi connectivity index (χ4v) is 3.73. The van der Waals surface area contributed by atoms with E-state index in [2.05, 4.69) is 76.2 Å². The largest absolute Gasteiger partial charge is 0.370 e. The summed E-state index contributed by atoms with van der Waals surface area (Å²) < 4.78 is 12.2. The Morgan fingerprint density at radius 3 is 1.15 bits per heavy atom. The second-order valence-electron chi connectivity index (χ2n) is 7.37. The molecule has 26 heavy (non-hydrogen) atoms. The molecule has 0 amide bonds. The van der Waals surface area contributed by atoms with Crippen LogP contribution in [0.5, 0.6) is 0 Å². The van der Waals surface area contributed by atoms with Crippen molar-refractivity contribution < 1.29 is 9.47 Å². The highest BCUT2D eigenvalue weighted by Crippen LogP contribution is 2.45. The Balaban J connectivity index is 2.44. The fraction of sp³-hybridized carbons (Fsp3) is 0.500. The molecule has 2 nitrogen and oxygen atoms in total. The van der Waals surface area contributed by atoms with Crippen molar-refractivity contribution in [2.45, 2.75) is 64.6 Å². The van der Waals surface area contributed by atoms with Crippen LogP contribution in [0.4, 0.5) is 0 Å². The van der Waals surface area contributed by atoms with Crippen LogP contribution in [0.25, 0.3) is 0 Å². The molecule has 0 aliphatic carbocycles. The predicted octanol–water partition coefficient (Wildman–Crippen LogP) is 6.02. The van der Waals surface area contributed by atoms with Crippen LogP contribution >= 0.6 is 0 Å². The average molecular weight is 355 g/mol. The quantitative estimate of drug-likeness (QED) is 0.548. The third-order valence-corrected chi connectivity index (χ3v) is 5.81. The van der Waals surface area contributed by atoms with E-state index >= 15 is 0 Å². The molecule has 0 aliphatic rings. The topological polar surface area (TPSA) is 18.5 Å². The molecule has 2 atom stereocenters. The van der Waals surface area contributed by atoms with Crippen molar-refractivity contribution in [3.63, 3.8) is 0 Å². The molecular formula is C24H34O2. The molecule has 2 heteroatoms. The van der Waals surface area contributed by atoms with E-state index in [1.165, 1.54) is 11.1 Å².